The highest BCUT2D eigenvalue weighted by Gasteiger charge is 2.19. The van der Waals surface area contributed by atoms with Crippen LogP contribution in [0.2, 0.25) is 0 Å². The number of carbonyl (C=O) groups is 1. The fraction of sp³-hybridized carbons (Fsp3) is 0.235. The molecule has 22 heavy (non-hydrogen) atoms. The van der Waals surface area contributed by atoms with Gasteiger partial charge in [-0.2, -0.15) is 0 Å². The summed E-state index contributed by atoms with van der Waals surface area (Å²) in [6.07, 6.45) is 0.703. The van der Waals surface area contributed by atoms with Crippen LogP contribution in [0.1, 0.15) is 28.4 Å². The number of methoxy groups -OCH3 is 1. The third-order valence-electron chi connectivity index (χ3n) is 3.33. The Hall–Kier alpha value is -2.01. The number of thioether (sulfide) groups is 1. The zero-order valence-corrected chi connectivity index (χ0v) is 13.2. The molecular weight excluding hydrogens is 303 g/mol. The first-order chi connectivity index (χ1) is 10.6. The molecule has 0 unspecified atom stereocenters. The highest BCUT2D eigenvalue weighted by Crippen LogP contribution is 2.32. The lowest BCUT2D eigenvalue weighted by atomic mass is 10.0. The molecule has 0 aromatic heterocycles. The molecule has 3 nitrogen and oxygen atoms in total. The molecule has 0 amide bonds. The lowest BCUT2D eigenvalue weighted by Gasteiger charge is -2.14. The number of aromatic carboxylic acids is 1. The topological polar surface area (TPSA) is 46.5 Å². The second-order valence-corrected chi connectivity index (χ2v) is 5.74. The van der Waals surface area contributed by atoms with Crippen molar-refractivity contribution in [2.75, 3.05) is 7.11 Å². The molecule has 0 radical (unpaired) electrons. The van der Waals surface area contributed by atoms with Crippen molar-refractivity contribution in [2.24, 2.45) is 0 Å². The van der Waals surface area contributed by atoms with Crippen molar-refractivity contribution < 1.29 is 19.0 Å². The monoisotopic (exact) mass is 320 g/mol. The largest absolute Gasteiger partial charge is 0.496 e. The molecule has 0 aliphatic rings. The normalized spacial score (nSPS) is 10.5. The van der Waals surface area contributed by atoms with Crippen LogP contribution < -0.4 is 4.74 Å². The summed E-state index contributed by atoms with van der Waals surface area (Å²) in [5.74, 6) is -0.383. The molecule has 0 saturated carbocycles. The molecular formula is C17H17FO3S. The minimum Gasteiger partial charge on any atom is -0.496 e. The van der Waals surface area contributed by atoms with Crippen LogP contribution in [0.25, 0.3) is 0 Å². The fourth-order valence-corrected chi connectivity index (χ4v) is 3.12. The number of aryl methyl sites for hydroxylation is 1. The molecule has 0 bridgehead atoms. The van der Waals surface area contributed by atoms with Crippen LogP contribution in [0.4, 0.5) is 4.39 Å². The van der Waals surface area contributed by atoms with E-state index in [0.29, 0.717) is 23.5 Å². The molecule has 2 aromatic carbocycles. The van der Waals surface area contributed by atoms with Crippen molar-refractivity contribution in [2.45, 2.75) is 24.0 Å². The first kappa shape index (κ1) is 16.4. The van der Waals surface area contributed by atoms with E-state index in [2.05, 4.69) is 0 Å². The van der Waals surface area contributed by atoms with Crippen molar-refractivity contribution in [1.29, 1.82) is 0 Å². The molecule has 0 aliphatic carbocycles. The van der Waals surface area contributed by atoms with Gasteiger partial charge in [0.25, 0.3) is 0 Å². The van der Waals surface area contributed by atoms with E-state index >= 15 is 0 Å². The molecule has 1 N–H and O–H groups in total. The zero-order valence-electron chi connectivity index (χ0n) is 12.4. The predicted octanol–water partition coefficient (Wildman–Crippen LogP) is 4.39. The van der Waals surface area contributed by atoms with E-state index in [1.165, 1.54) is 31.0 Å². The third kappa shape index (κ3) is 3.60. The number of carboxylic acids is 1. The highest BCUT2D eigenvalue weighted by molar-refractivity contribution is 7.98. The van der Waals surface area contributed by atoms with Crippen LogP contribution in [0.5, 0.6) is 5.75 Å². The average molecular weight is 320 g/mol. The maximum absolute atomic E-state index is 12.9. The Balaban J connectivity index is 2.30. The van der Waals surface area contributed by atoms with E-state index in [1.54, 1.807) is 12.1 Å². The van der Waals surface area contributed by atoms with Gasteiger partial charge in [0.1, 0.15) is 17.1 Å². The number of carboxylic acid groups (broad SMARTS) is 1. The first-order valence-corrected chi connectivity index (χ1v) is 7.85. The summed E-state index contributed by atoms with van der Waals surface area (Å²) in [7, 11) is 1.48. The van der Waals surface area contributed by atoms with Gasteiger partial charge in [0.2, 0.25) is 0 Å². The van der Waals surface area contributed by atoms with Crippen LogP contribution in [0.3, 0.4) is 0 Å². The second-order valence-electron chi connectivity index (χ2n) is 4.69. The van der Waals surface area contributed by atoms with Crippen LogP contribution >= 0.6 is 11.8 Å². The van der Waals surface area contributed by atoms with Crippen LogP contribution in [0, 0.1) is 5.82 Å². The molecule has 0 saturated heterocycles. The summed E-state index contributed by atoms with van der Waals surface area (Å²) >= 11 is 1.46. The first-order valence-electron chi connectivity index (χ1n) is 6.87. The molecule has 0 atom stereocenters. The SMILES string of the molecule is CCc1ccc(CSc2ccc(F)cc2)c(C(=O)O)c1OC. The van der Waals surface area contributed by atoms with E-state index < -0.39 is 5.97 Å². The smallest absolute Gasteiger partial charge is 0.339 e. The van der Waals surface area contributed by atoms with Gasteiger partial charge in [0.15, 0.2) is 0 Å². The Kier molecular flexibility index (Phi) is 5.44. The molecule has 0 aliphatic heterocycles. The molecule has 116 valence electrons. The Bertz CT molecular complexity index is 668. The van der Waals surface area contributed by atoms with Gasteiger partial charge in [0.05, 0.1) is 7.11 Å². The van der Waals surface area contributed by atoms with Crippen molar-refractivity contribution in [1.82, 2.24) is 0 Å². The summed E-state index contributed by atoms with van der Waals surface area (Å²) < 4.78 is 18.2. The molecule has 0 spiro atoms. The van der Waals surface area contributed by atoms with Gasteiger partial charge >= 0.3 is 5.97 Å². The number of rotatable bonds is 6. The number of hydrogen-bond acceptors (Lipinski definition) is 3. The summed E-state index contributed by atoms with van der Waals surface area (Å²) in [6, 6.07) is 9.85. The molecule has 2 aromatic rings. The number of benzene rings is 2. The van der Waals surface area contributed by atoms with Crippen molar-refractivity contribution in [3.05, 3.63) is 58.9 Å². The number of ether oxygens (including phenoxy) is 1. The summed E-state index contributed by atoms with van der Waals surface area (Å²) in [4.78, 5) is 12.5. The molecule has 5 heteroatoms. The Morgan fingerprint density at radius 2 is 1.82 bits per heavy atom. The van der Waals surface area contributed by atoms with Crippen LogP contribution in [-0.4, -0.2) is 18.2 Å². The third-order valence-corrected chi connectivity index (χ3v) is 4.39. The van der Waals surface area contributed by atoms with E-state index in [9.17, 15) is 14.3 Å². The van der Waals surface area contributed by atoms with Crippen LogP contribution in [-0.2, 0) is 12.2 Å². The number of halogens is 1. The zero-order chi connectivity index (χ0) is 16.1. The minimum absolute atomic E-state index is 0.205. The predicted molar refractivity (Wildman–Crippen MR) is 85.3 cm³/mol. The van der Waals surface area contributed by atoms with Gasteiger partial charge in [-0.15, -0.1) is 11.8 Å². The highest BCUT2D eigenvalue weighted by atomic mass is 32.2. The minimum atomic E-state index is -0.998. The lowest BCUT2D eigenvalue weighted by Crippen LogP contribution is -2.07. The second kappa shape index (κ2) is 7.31. The van der Waals surface area contributed by atoms with Gasteiger partial charge < -0.3 is 9.84 Å². The van der Waals surface area contributed by atoms with Gasteiger partial charge in [0, 0.05) is 10.6 Å². The summed E-state index contributed by atoms with van der Waals surface area (Å²) in [6.45, 7) is 1.95. The summed E-state index contributed by atoms with van der Waals surface area (Å²) in [5, 5.41) is 9.49. The Labute approximate surface area is 133 Å². The summed E-state index contributed by atoms with van der Waals surface area (Å²) in [5.41, 5.74) is 1.77. The quantitative estimate of drug-likeness (QED) is 0.802. The van der Waals surface area contributed by atoms with E-state index in [0.717, 1.165) is 10.5 Å². The fourth-order valence-electron chi connectivity index (χ4n) is 2.22. The molecule has 2 rings (SSSR count). The van der Waals surface area contributed by atoms with Crippen molar-refractivity contribution in [3.8, 4) is 5.75 Å². The standard InChI is InChI=1S/C17H17FO3S/c1-3-11-4-5-12(15(17(19)20)16(11)21-2)10-22-14-8-6-13(18)7-9-14/h4-9H,3,10H2,1-2H3,(H,19,20). The maximum atomic E-state index is 12.9. The van der Waals surface area contributed by atoms with Crippen molar-refractivity contribution >= 4 is 17.7 Å². The van der Waals surface area contributed by atoms with E-state index in [4.69, 9.17) is 4.74 Å². The van der Waals surface area contributed by atoms with Gasteiger partial charge in [-0.05, 0) is 41.8 Å². The van der Waals surface area contributed by atoms with E-state index in [1.807, 2.05) is 19.1 Å². The van der Waals surface area contributed by atoms with Gasteiger partial charge in [-0.25, -0.2) is 9.18 Å². The van der Waals surface area contributed by atoms with E-state index in [-0.39, 0.29) is 11.4 Å². The molecule has 0 fully saturated rings. The Morgan fingerprint density at radius 1 is 1.18 bits per heavy atom. The average Bonchev–Trinajstić information content (AvgIpc) is 2.53. The van der Waals surface area contributed by atoms with Crippen LogP contribution in [0.15, 0.2) is 41.3 Å². The molecule has 0 heterocycles. The van der Waals surface area contributed by atoms with Gasteiger partial charge in [-0.1, -0.05) is 19.1 Å². The Morgan fingerprint density at radius 3 is 2.36 bits per heavy atom. The lowest BCUT2D eigenvalue weighted by molar-refractivity contribution is 0.0692. The van der Waals surface area contributed by atoms with Gasteiger partial charge in [-0.3, -0.25) is 0 Å². The number of hydrogen-bond donors (Lipinski definition) is 1. The maximum Gasteiger partial charge on any atom is 0.339 e. The van der Waals surface area contributed by atoms with Crippen molar-refractivity contribution in [3.63, 3.8) is 0 Å².